The van der Waals surface area contributed by atoms with Crippen molar-refractivity contribution in [2.45, 2.75) is 25.0 Å². The van der Waals surface area contributed by atoms with Gasteiger partial charge in [-0.05, 0) is 86.9 Å². The maximum atomic E-state index is 6.35. The molecular weight excluding hydrogens is 581 g/mol. The number of allylic oxidation sites excluding steroid dienone is 2. The third kappa shape index (κ3) is 4.82. The van der Waals surface area contributed by atoms with Gasteiger partial charge < -0.3 is 14.8 Å². The molecule has 0 fully saturated rings. The molecule has 1 aliphatic carbocycles. The van der Waals surface area contributed by atoms with Gasteiger partial charge in [-0.25, -0.2) is 0 Å². The molecule has 3 atom stereocenters. The summed E-state index contributed by atoms with van der Waals surface area (Å²) in [6, 6.07) is 27.1. The van der Waals surface area contributed by atoms with Crippen LogP contribution in [-0.4, -0.2) is 7.11 Å². The van der Waals surface area contributed by atoms with E-state index in [0.717, 1.165) is 22.0 Å². The molecule has 0 saturated carbocycles. The van der Waals surface area contributed by atoms with Crippen molar-refractivity contribution in [3.63, 3.8) is 0 Å². The first-order valence-electron chi connectivity index (χ1n) is 12.6. The Bertz CT molecular complexity index is 1520. The Labute approximate surface area is 241 Å². The second kappa shape index (κ2) is 10.7. The second-order valence-corrected chi connectivity index (χ2v) is 11.4. The second-order valence-electron chi connectivity index (χ2n) is 9.70. The highest BCUT2D eigenvalue weighted by Gasteiger charge is 2.38. The molecule has 0 radical (unpaired) electrons. The average Bonchev–Trinajstić information content (AvgIpc) is 3.43. The van der Waals surface area contributed by atoms with E-state index in [-0.39, 0.29) is 6.04 Å². The number of halogens is 3. The molecule has 4 aromatic carbocycles. The van der Waals surface area contributed by atoms with Gasteiger partial charge in [0, 0.05) is 27.2 Å². The van der Waals surface area contributed by atoms with Gasteiger partial charge in [0.15, 0.2) is 11.5 Å². The van der Waals surface area contributed by atoms with Gasteiger partial charge in [0.05, 0.1) is 17.6 Å². The SMILES string of the molecule is COc1cc([C@@H]2Nc3ccc(-c4ccccc4)cc3[C@H]3C=CC[C@H]32)cc(Br)c1OCc1ccc(Cl)cc1Cl. The van der Waals surface area contributed by atoms with Crippen molar-refractivity contribution >= 4 is 44.8 Å². The maximum absolute atomic E-state index is 6.35. The average molecular weight is 607 g/mol. The van der Waals surface area contributed by atoms with Gasteiger partial charge in [-0.2, -0.15) is 0 Å². The summed E-state index contributed by atoms with van der Waals surface area (Å²) < 4.78 is 12.8. The molecule has 0 amide bonds. The van der Waals surface area contributed by atoms with Crippen LogP contribution in [0, 0.1) is 5.92 Å². The number of rotatable bonds is 6. The lowest BCUT2D eigenvalue weighted by Crippen LogP contribution is -2.29. The third-order valence-electron chi connectivity index (χ3n) is 7.47. The van der Waals surface area contributed by atoms with Crippen LogP contribution in [0.4, 0.5) is 5.69 Å². The number of ether oxygens (including phenoxy) is 2. The zero-order chi connectivity index (χ0) is 26.2. The number of methoxy groups -OCH3 is 1. The van der Waals surface area contributed by atoms with Gasteiger partial charge in [-0.1, -0.05) is 77.8 Å². The number of hydrogen-bond acceptors (Lipinski definition) is 3. The van der Waals surface area contributed by atoms with Gasteiger partial charge in [-0.15, -0.1) is 0 Å². The molecule has 192 valence electrons. The Hall–Kier alpha value is -2.92. The standard InChI is InChI=1S/C32H26BrCl2NO2/c1-37-30-16-22(15-27(33)32(30)38-18-21-10-12-23(34)17-28(21)35)31-25-9-5-8-24(25)26-14-20(11-13-29(26)36-31)19-6-3-2-4-7-19/h2-8,10-17,24-25,31,36H,9,18H2,1H3/t24-,25+,31-/m0/s1. The molecule has 1 heterocycles. The van der Waals surface area contributed by atoms with Gasteiger partial charge >= 0.3 is 0 Å². The summed E-state index contributed by atoms with van der Waals surface area (Å²) in [5, 5.41) is 5.02. The molecule has 0 bridgehead atoms. The van der Waals surface area contributed by atoms with Crippen molar-refractivity contribution in [3.05, 3.63) is 122 Å². The normalized spacial score (nSPS) is 19.4. The lowest BCUT2D eigenvalue weighted by Gasteiger charge is -2.38. The van der Waals surface area contributed by atoms with Crippen molar-refractivity contribution in [1.29, 1.82) is 0 Å². The van der Waals surface area contributed by atoms with E-state index in [9.17, 15) is 0 Å². The summed E-state index contributed by atoms with van der Waals surface area (Å²) in [5.41, 5.74) is 7.02. The highest BCUT2D eigenvalue weighted by atomic mass is 79.9. The van der Waals surface area contributed by atoms with E-state index < -0.39 is 0 Å². The Morgan fingerprint density at radius 3 is 2.58 bits per heavy atom. The largest absolute Gasteiger partial charge is 0.493 e. The maximum Gasteiger partial charge on any atom is 0.175 e. The fraction of sp³-hybridized carbons (Fsp3) is 0.188. The fourth-order valence-electron chi connectivity index (χ4n) is 5.58. The number of nitrogens with one attached hydrogen (secondary N) is 1. The molecule has 0 aromatic heterocycles. The molecule has 6 rings (SSSR count). The summed E-state index contributed by atoms with van der Waals surface area (Å²) in [7, 11) is 1.67. The van der Waals surface area contributed by atoms with Crippen LogP contribution in [0.1, 0.15) is 35.1 Å². The van der Waals surface area contributed by atoms with E-state index in [1.54, 1.807) is 13.2 Å². The predicted molar refractivity (Wildman–Crippen MR) is 160 cm³/mol. The van der Waals surface area contributed by atoms with Crippen LogP contribution in [-0.2, 0) is 6.61 Å². The topological polar surface area (TPSA) is 30.5 Å². The van der Waals surface area contributed by atoms with Gasteiger partial charge in [-0.3, -0.25) is 0 Å². The van der Waals surface area contributed by atoms with Gasteiger partial charge in [0.1, 0.15) is 6.61 Å². The first-order chi connectivity index (χ1) is 18.5. The smallest absolute Gasteiger partial charge is 0.175 e. The van der Waals surface area contributed by atoms with Crippen molar-refractivity contribution in [2.24, 2.45) is 5.92 Å². The van der Waals surface area contributed by atoms with Crippen LogP contribution in [0.15, 0.2) is 95.5 Å². The van der Waals surface area contributed by atoms with Crippen LogP contribution in [0.25, 0.3) is 11.1 Å². The Morgan fingerprint density at radius 2 is 1.79 bits per heavy atom. The quantitative estimate of drug-likeness (QED) is 0.222. The Balaban J connectivity index is 1.30. The first kappa shape index (κ1) is 25.4. The van der Waals surface area contributed by atoms with E-state index in [1.807, 2.05) is 12.1 Å². The number of benzene rings is 4. The molecule has 0 unspecified atom stereocenters. The minimum Gasteiger partial charge on any atom is -0.493 e. The summed E-state index contributed by atoms with van der Waals surface area (Å²) in [4.78, 5) is 0. The molecule has 2 aliphatic rings. The molecule has 1 N–H and O–H groups in total. The minimum atomic E-state index is 0.134. The van der Waals surface area contributed by atoms with E-state index in [1.165, 1.54) is 22.4 Å². The van der Waals surface area contributed by atoms with Crippen molar-refractivity contribution in [3.8, 4) is 22.6 Å². The van der Waals surface area contributed by atoms with E-state index in [0.29, 0.717) is 40.0 Å². The summed E-state index contributed by atoms with van der Waals surface area (Å²) in [6.07, 6.45) is 5.70. The summed E-state index contributed by atoms with van der Waals surface area (Å²) >= 11 is 16.1. The zero-order valence-corrected chi connectivity index (χ0v) is 23.9. The fourth-order valence-corrected chi connectivity index (χ4v) is 6.62. The Kier molecular flexibility index (Phi) is 7.13. The molecule has 0 spiro atoms. The summed E-state index contributed by atoms with van der Waals surface area (Å²) in [5.74, 6) is 2.08. The van der Waals surface area contributed by atoms with Crippen LogP contribution < -0.4 is 14.8 Å². The highest BCUT2D eigenvalue weighted by molar-refractivity contribution is 9.10. The lowest BCUT2D eigenvalue weighted by atomic mass is 9.76. The molecule has 3 nitrogen and oxygen atoms in total. The molecule has 6 heteroatoms. The van der Waals surface area contributed by atoms with Crippen LogP contribution in [0.2, 0.25) is 10.0 Å². The van der Waals surface area contributed by atoms with Crippen LogP contribution in [0.3, 0.4) is 0 Å². The minimum absolute atomic E-state index is 0.134. The molecule has 1 aliphatic heterocycles. The van der Waals surface area contributed by atoms with E-state index in [2.05, 4.69) is 94.1 Å². The number of hydrogen-bond donors (Lipinski definition) is 1. The van der Waals surface area contributed by atoms with E-state index >= 15 is 0 Å². The predicted octanol–water partition coefficient (Wildman–Crippen LogP) is 9.84. The highest BCUT2D eigenvalue weighted by Crippen LogP contribution is 2.52. The van der Waals surface area contributed by atoms with Crippen molar-refractivity contribution in [2.75, 3.05) is 12.4 Å². The zero-order valence-electron chi connectivity index (χ0n) is 20.8. The molecule has 0 saturated heterocycles. The van der Waals surface area contributed by atoms with Crippen LogP contribution in [0.5, 0.6) is 11.5 Å². The Morgan fingerprint density at radius 1 is 0.947 bits per heavy atom. The molecule has 4 aromatic rings. The van der Waals surface area contributed by atoms with Gasteiger partial charge in [0.25, 0.3) is 0 Å². The first-order valence-corrected chi connectivity index (χ1v) is 14.1. The number of fused-ring (bicyclic) bond motifs is 3. The molecular formula is C32H26BrCl2NO2. The van der Waals surface area contributed by atoms with Crippen LogP contribution >= 0.6 is 39.1 Å². The van der Waals surface area contributed by atoms with Crippen molar-refractivity contribution in [1.82, 2.24) is 0 Å². The summed E-state index contributed by atoms with van der Waals surface area (Å²) in [6.45, 7) is 0.303. The monoisotopic (exact) mass is 605 g/mol. The molecule has 38 heavy (non-hydrogen) atoms. The van der Waals surface area contributed by atoms with Gasteiger partial charge in [0.2, 0.25) is 0 Å². The number of anilines is 1. The lowest BCUT2D eigenvalue weighted by molar-refractivity contribution is 0.282. The van der Waals surface area contributed by atoms with Crippen molar-refractivity contribution < 1.29 is 9.47 Å². The third-order valence-corrected chi connectivity index (χ3v) is 8.64. The van der Waals surface area contributed by atoms with E-state index in [4.69, 9.17) is 32.7 Å².